The van der Waals surface area contributed by atoms with Gasteiger partial charge in [0.05, 0.1) is 6.10 Å². The highest BCUT2D eigenvalue weighted by Crippen LogP contribution is 2.42. The zero-order chi connectivity index (χ0) is 9.42. The van der Waals surface area contributed by atoms with Crippen molar-refractivity contribution in [1.82, 2.24) is 0 Å². The van der Waals surface area contributed by atoms with Crippen molar-refractivity contribution in [3.8, 4) is 0 Å². The highest BCUT2D eigenvalue weighted by atomic mass is 16.3. The van der Waals surface area contributed by atoms with Crippen molar-refractivity contribution in [2.75, 3.05) is 0 Å². The Labute approximate surface area is 80.8 Å². The average Bonchev–Trinajstić information content (AvgIpc) is 2.36. The molecule has 0 aliphatic heterocycles. The minimum atomic E-state index is -0.0483. The molecule has 1 N–H and O–H groups in total. The summed E-state index contributed by atoms with van der Waals surface area (Å²) in [5.41, 5.74) is 3.37. The predicted octanol–water partition coefficient (Wildman–Crippen LogP) is 2.89. The van der Waals surface area contributed by atoms with E-state index in [2.05, 4.69) is 13.8 Å². The zero-order valence-electron chi connectivity index (χ0n) is 8.71. The highest BCUT2D eigenvalue weighted by molar-refractivity contribution is 5.25. The van der Waals surface area contributed by atoms with Gasteiger partial charge in [-0.05, 0) is 43.9 Å². The van der Waals surface area contributed by atoms with Gasteiger partial charge in [-0.2, -0.15) is 0 Å². The van der Waals surface area contributed by atoms with E-state index in [1.807, 2.05) is 0 Å². The Kier molecular flexibility index (Phi) is 2.46. The van der Waals surface area contributed by atoms with Crippen LogP contribution in [0.2, 0.25) is 0 Å². The van der Waals surface area contributed by atoms with Gasteiger partial charge < -0.3 is 5.11 Å². The molecule has 1 heteroatoms. The third-order valence-electron chi connectivity index (χ3n) is 3.82. The average molecular weight is 180 g/mol. The van der Waals surface area contributed by atoms with Crippen LogP contribution in [-0.2, 0) is 0 Å². The molecule has 1 unspecified atom stereocenters. The molecule has 0 aromatic carbocycles. The maximum absolute atomic E-state index is 9.67. The van der Waals surface area contributed by atoms with Crippen LogP contribution in [0.5, 0.6) is 0 Å². The molecule has 0 saturated carbocycles. The Morgan fingerprint density at radius 3 is 2.38 bits per heavy atom. The number of allylic oxidation sites excluding steroid dienone is 2. The summed E-state index contributed by atoms with van der Waals surface area (Å²) < 4.78 is 0. The molecule has 0 aromatic heterocycles. The standard InChI is InChI=1S/C12H20O/c1-8-3-5-12-9(2)7-10(13)4-6-11(8)12/h8-10,13H,3-7H2,1-2H3/t8-,9-,10?/m1/s1. The first-order valence-corrected chi connectivity index (χ1v) is 5.58. The minimum absolute atomic E-state index is 0.0483. The number of hydrogen-bond donors (Lipinski definition) is 1. The molecule has 0 amide bonds. The van der Waals surface area contributed by atoms with E-state index < -0.39 is 0 Å². The molecule has 0 saturated heterocycles. The van der Waals surface area contributed by atoms with Crippen LogP contribution in [-0.4, -0.2) is 11.2 Å². The minimum Gasteiger partial charge on any atom is -0.393 e. The van der Waals surface area contributed by atoms with Gasteiger partial charge in [0.2, 0.25) is 0 Å². The summed E-state index contributed by atoms with van der Waals surface area (Å²) in [7, 11) is 0. The molecule has 0 fully saturated rings. The van der Waals surface area contributed by atoms with Gasteiger partial charge in [0.15, 0.2) is 0 Å². The normalized spacial score (nSPS) is 40.4. The molecule has 1 nitrogen and oxygen atoms in total. The van der Waals surface area contributed by atoms with Crippen LogP contribution in [0.1, 0.15) is 46.0 Å². The van der Waals surface area contributed by atoms with Gasteiger partial charge in [-0.15, -0.1) is 0 Å². The van der Waals surface area contributed by atoms with E-state index in [1.165, 1.54) is 12.8 Å². The van der Waals surface area contributed by atoms with Gasteiger partial charge in [0, 0.05) is 0 Å². The summed E-state index contributed by atoms with van der Waals surface area (Å²) in [6.07, 6.45) is 5.74. The molecule has 74 valence electrons. The molecule has 0 radical (unpaired) electrons. The monoisotopic (exact) mass is 180 g/mol. The molecular weight excluding hydrogens is 160 g/mol. The lowest BCUT2D eigenvalue weighted by atomic mass is 9.94. The fourth-order valence-corrected chi connectivity index (χ4v) is 2.98. The summed E-state index contributed by atoms with van der Waals surface area (Å²) in [6.45, 7) is 4.62. The van der Waals surface area contributed by atoms with Crippen molar-refractivity contribution in [2.24, 2.45) is 11.8 Å². The molecule has 2 rings (SSSR count). The molecule has 0 aromatic rings. The molecular formula is C12H20O. The van der Waals surface area contributed by atoms with E-state index in [-0.39, 0.29) is 6.10 Å². The van der Waals surface area contributed by atoms with Gasteiger partial charge in [-0.25, -0.2) is 0 Å². The second-order valence-corrected chi connectivity index (χ2v) is 4.82. The number of hydrogen-bond acceptors (Lipinski definition) is 1. The fraction of sp³-hybridized carbons (Fsp3) is 0.833. The van der Waals surface area contributed by atoms with Crippen molar-refractivity contribution in [3.63, 3.8) is 0 Å². The molecule has 2 aliphatic rings. The van der Waals surface area contributed by atoms with Crippen LogP contribution in [0.4, 0.5) is 0 Å². The third kappa shape index (κ3) is 1.67. The van der Waals surface area contributed by atoms with Crippen LogP contribution >= 0.6 is 0 Å². The molecule has 2 aliphatic carbocycles. The Morgan fingerprint density at radius 1 is 1.00 bits per heavy atom. The van der Waals surface area contributed by atoms with Crippen LogP contribution in [0.15, 0.2) is 11.1 Å². The van der Waals surface area contributed by atoms with E-state index in [0.717, 1.165) is 25.2 Å². The Balaban J connectivity index is 2.20. The maximum Gasteiger partial charge on any atom is 0.0549 e. The van der Waals surface area contributed by atoms with Gasteiger partial charge in [0.1, 0.15) is 0 Å². The van der Waals surface area contributed by atoms with E-state index in [1.54, 1.807) is 11.1 Å². The summed E-state index contributed by atoms with van der Waals surface area (Å²) >= 11 is 0. The molecule has 0 bridgehead atoms. The zero-order valence-corrected chi connectivity index (χ0v) is 8.71. The molecule has 0 spiro atoms. The van der Waals surface area contributed by atoms with E-state index in [9.17, 15) is 5.11 Å². The Bertz CT molecular complexity index is 229. The topological polar surface area (TPSA) is 20.2 Å². The van der Waals surface area contributed by atoms with Gasteiger partial charge in [0.25, 0.3) is 0 Å². The molecule has 0 heterocycles. The van der Waals surface area contributed by atoms with Gasteiger partial charge >= 0.3 is 0 Å². The van der Waals surface area contributed by atoms with E-state index in [0.29, 0.717) is 5.92 Å². The SMILES string of the molecule is C[C@@H]1CCC2=C1CCC(O)C[C@H]2C. The lowest BCUT2D eigenvalue weighted by Crippen LogP contribution is -2.10. The number of aliphatic hydroxyl groups is 1. The van der Waals surface area contributed by atoms with Crippen molar-refractivity contribution in [2.45, 2.75) is 52.1 Å². The van der Waals surface area contributed by atoms with Crippen LogP contribution in [0, 0.1) is 11.8 Å². The first-order valence-electron chi connectivity index (χ1n) is 5.58. The summed E-state index contributed by atoms with van der Waals surface area (Å²) in [4.78, 5) is 0. The van der Waals surface area contributed by atoms with Crippen molar-refractivity contribution < 1.29 is 5.11 Å². The summed E-state index contributed by atoms with van der Waals surface area (Å²) in [5, 5.41) is 9.67. The second-order valence-electron chi connectivity index (χ2n) is 4.82. The molecule has 13 heavy (non-hydrogen) atoms. The van der Waals surface area contributed by atoms with Crippen LogP contribution in [0.3, 0.4) is 0 Å². The van der Waals surface area contributed by atoms with Crippen molar-refractivity contribution >= 4 is 0 Å². The predicted molar refractivity (Wildman–Crippen MR) is 54.4 cm³/mol. The van der Waals surface area contributed by atoms with E-state index in [4.69, 9.17) is 0 Å². The summed E-state index contributed by atoms with van der Waals surface area (Å²) in [6, 6.07) is 0. The first kappa shape index (κ1) is 9.26. The van der Waals surface area contributed by atoms with Gasteiger partial charge in [-0.1, -0.05) is 25.0 Å². The van der Waals surface area contributed by atoms with Crippen molar-refractivity contribution in [3.05, 3.63) is 11.1 Å². The number of aliphatic hydroxyl groups excluding tert-OH is 1. The largest absolute Gasteiger partial charge is 0.393 e. The molecule has 3 atom stereocenters. The smallest absolute Gasteiger partial charge is 0.0549 e. The maximum atomic E-state index is 9.67. The number of rotatable bonds is 0. The first-order chi connectivity index (χ1) is 6.18. The lowest BCUT2D eigenvalue weighted by Gasteiger charge is -2.13. The van der Waals surface area contributed by atoms with E-state index >= 15 is 0 Å². The fourth-order valence-electron chi connectivity index (χ4n) is 2.98. The lowest BCUT2D eigenvalue weighted by molar-refractivity contribution is 0.145. The quantitative estimate of drug-likeness (QED) is 0.568. The van der Waals surface area contributed by atoms with Gasteiger partial charge in [-0.3, -0.25) is 0 Å². The second kappa shape index (κ2) is 3.45. The van der Waals surface area contributed by atoms with Crippen LogP contribution in [0.25, 0.3) is 0 Å². The van der Waals surface area contributed by atoms with Crippen molar-refractivity contribution in [1.29, 1.82) is 0 Å². The Morgan fingerprint density at radius 2 is 1.62 bits per heavy atom. The highest BCUT2D eigenvalue weighted by Gasteiger charge is 2.29. The third-order valence-corrected chi connectivity index (χ3v) is 3.82. The Hall–Kier alpha value is -0.300. The summed E-state index contributed by atoms with van der Waals surface area (Å²) in [5.74, 6) is 1.43. The van der Waals surface area contributed by atoms with Crippen LogP contribution < -0.4 is 0 Å².